The van der Waals surface area contributed by atoms with Gasteiger partial charge < -0.3 is 14.8 Å². The third-order valence-corrected chi connectivity index (χ3v) is 1.52. The Morgan fingerprint density at radius 2 is 1.93 bits per heavy atom. The van der Waals surface area contributed by atoms with E-state index in [-0.39, 0.29) is 0 Å². The second kappa shape index (κ2) is 5.80. The number of methoxy groups -OCH3 is 2. The summed E-state index contributed by atoms with van der Waals surface area (Å²) in [7, 11) is 2.41. The van der Waals surface area contributed by atoms with E-state index in [0.717, 1.165) is 0 Å². The summed E-state index contributed by atoms with van der Waals surface area (Å²) in [6, 6.07) is -0.954. The molecule has 5 nitrogen and oxygen atoms in total. The molecular formula is C9H13NO4. The summed E-state index contributed by atoms with van der Waals surface area (Å²) in [5.74, 6) is -0.625. The molecule has 1 N–H and O–H groups in total. The van der Waals surface area contributed by atoms with Crippen LogP contribution >= 0.6 is 0 Å². The van der Waals surface area contributed by atoms with Gasteiger partial charge >= 0.3 is 12.1 Å². The van der Waals surface area contributed by atoms with Crippen LogP contribution in [-0.2, 0) is 14.3 Å². The van der Waals surface area contributed by atoms with Gasteiger partial charge in [-0.1, -0.05) is 19.2 Å². The molecule has 0 aromatic heterocycles. The summed E-state index contributed by atoms with van der Waals surface area (Å²) in [6.07, 6.45) is 0.626. The maximum atomic E-state index is 11.2. The number of hydrogen-bond donors (Lipinski definition) is 1. The van der Waals surface area contributed by atoms with Crippen LogP contribution in [-0.4, -0.2) is 32.3 Å². The van der Waals surface area contributed by atoms with Crippen molar-refractivity contribution in [3.8, 4) is 0 Å². The number of hydrogen-bond acceptors (Lipinski definition) is 4. The Kier molecular flexibility index (Phi) is 5.06. The van der Waals surface area contributed by atoms with E-state index in [0.29, 0.717) is 5.57 Å². The van der Waals surface area contributed by atoms with Gasteiger partial charge in [-0.2, -0.15) is 0 Å². The summed E-state index contributed by atoms with van der Waals surface area (Å²) in [6.45, 7) is 6.97. The molecule has 1 amide bonds. The third-order valence-electron chi connectivity index (χ3n) is 1.52. The van der Waals surface area contributed by atoms with Gasteiger partial charge in [-0.3, -0.25) is 0 Å². The topological polar surface area (TPSA) is 64.6 Å². The van der Waals surface area contributed by atoms with Gasteiger partial charge in [0.25, 0.3) is 0 Å². The highest BCUT2D eigenvalue weighted by Crippen LogP contribution is 2.02. The van der Waals surface area contributed by atoms with E-state index in [9.17, 15) is 9.59 Å². The third kappa shape index (κ3) is 3.30. The van der Waals surface area contributed by atoms with Crippen LogP contribution in [0.3, 0.4) is 0 Å². The van der Waals surface area contributed by atoms with Crippen molar-refractivity contribution in [3.63, 3.8) is 0 Å². The van der Waals surface area contributed by atoms with Gasteiger partial charge in [-0.25, -0.2) is 9.59 Å². The van der Waals surface area contributed by atoms with Gasteiger partial charge in [0.2, 0.25) is 0 Å². The van der Waals surface area contributed by atoms with Crippen molar-refractivity contribution in [2.24, 2.45) is 0 Å². The lowest BCUT2D eigenvalue weighted by Crippen LogP contribution is -2.42. The van der Waals surface area contributed by atoms with Gasteiger partial charge in [-0.15, -0.1) is 0 Å². The molecule has 0 aliphatic rings. The fraction of sp³-hybridized carbons (Fsp3) is 0.333. The highest BCUT2D eigenvalue weighted by Gasteiger charge is 2.23. The maximum Gasteiger partial charge on any atom is 0.407 e. The average Bonchev–Trinajstić information content (AvgIpc) is 2.23. The van der Waals surface area contributed by atoms with Crippen LogP contribution in [0, 0.1) is 0 Å². The Balaban J connectivity index is 4.55. The predicted molar refractivity (Wildman–Crippen MR) is 50.7 cm³/mol. The molecule has 0 aliphatic carbocycles. The lowest BCUT2D eigenvalue weighted by atomic mass is 10.1. The number of carbonyl (C=O) groups excluding carboxylic acids is 2. The van der Waals surface area contributed by atoms with Crippen LogP contribution in [0.15, 0.2) is 24.8 Å². The number of amides is 1. The molecule has 0 aromatic rings. The first-order valence-corrected chi connectivity index (χ1v) is 3.80. The minimum Gasteiger partial charge on any atom is -0.467 e. The minimum atomic E-state index is -0.954. The average molecular weight is 199 g/mol. The van der Waals surface area contributed by atoms with Gasteiger partial charge in [-0.05, 0) is 5.57 Å². The van der Waals surface area contributed by atoms with Crippen LogP contribution in [0.2, 0.25) is 0 Å². The molecule has 0 radical (unpaired) electrons. The Hall–Kier alpha value is -1.78. The SMILES string of the molecule is C=CC(=C)[C@@H](NC(=O)OC)C(=O)OC. The Morgan fingerprint density at radius 1 is 1.36 bits per heavy atom. The van der Waals surface area contributed by atoms with E-state index < -0.39 is 18.1 Å². The molecule has 78 valence electrons. The van der Waals surface area contributed by atoms with Crippen LogP contribution in [0.4, 0.5) is 4.79 Å². The van der Waals surface area contributed by atoms with Crippen molar-refractivity contribution in [2.45, 2.75) is 6.04 Å². The standard InChI is InChI=1S/C9H13NO4/c1-5-6(2)7(8(11)13-3)10-9(12)14-4/h5,7H,1-2H2,3-4H3,(H,10,12)/t7-/m1/s1. The van der Waals surface area contributed by atoms with Crippen LogP contribution in [0.25, 0.3) is 0 Å². The molecule has 0 saturated heterocycles. The van der Waals surface area contributed by atoms with E-state index in [1.165, 1.54) is 20.3 Å². The molecule has 0 bridgehead atoms. The van der Waals surface area contributed by atoms with Crippen LogP contribution in [0.5, 0.6) is 0 Å². The Morgan fingerprint density at radius 3 is 2.29 bits per heavy atom. The first kappa shape index (κ1) is 12.2. The summed E-state index contributed by atoms with van der Waals surface area (Å²) in [5, 5.41) is 2.26. The van der Waals surface area contributed by atoms with Crippen LogP contribution < -0.4 is 5.32 Å². The molecule has 0 aliphatic heterocycles. The van der Waals surface area contributed by atoms with E-state index in [4.69, 9.17) is 0 Å². The first-order valence-electron chi connectivity index (χ1n) is 3.80. The van der Waals surface area contributed by atoms with E-state index >= 15 is 0 Å². The Bertz CT molecular complexity index is 260. The summed E-state index contributed by atoms with van der Waals surface area (Å²) in [5.41, 5.74) is 0.335. The zero-order valence-electron chi connectivity index (χ0n) is 8.20. The van der Waals surface area contributed by atoms with Crippen molar-refractivity contribution in [2.75, 3.05) is 14.2 Å². The molecule has 1 atom stereocenters. The summed E-state index contributed by atoms with van der Waals surface area (Å²) >= 11 is 0. The molecule has 0 heterocycles. The van der Waals surface area contributed by atoms with Gasteiger partial charge in [0.15, 0.2) is 6.04 Å². The van der Waals surface area contributed by atoms with Crippen molar-refractivity contribution >= 4 is 12.1 Å². The number of esters is 1. The smallest absolute Gasteiger partial charge is 0.407 e. The van der Waals surface area contributed by atoms with E-state index in [1.54, 1.807) is 0 Å². The maximum absolute atomic E-state index is 11.2. The molecular weight excluding hydrogens is 186 g/mol. The number of ether oxygens (including phenoxy) is 2. The van der Waals surface area contributed by atoms with Gasteiger partial charge in [0.05, 0.1) is 14.2 Å². The molecule has 5 heteroatoms. The van der Waals surface area contributed by atoms with Gasteiger partial charge in [0.1, 0.15) is 0 Å². The summed E-state index contributed by atoms with van der Waals surface area (Å²) < 4.78 is 8.80. The zero-order chi connectivity index (χ0) is 11.1. The van der Waals surface area contributed by atoms with Crippen molar-refractivity contribution in [3.05, 3.63) is 24.8 Å². The van der Waals surface area contributed by atoms with Crippen molar-refractivity contribution < 1.29 is 19.1 Å². The quantitative estimate of drug-likeness (QED) is 0.532. The second-order valence-corrected chi connectivity index (χ2v) is 2.37. The number of alkyl carbamates (subject to hydrolysis) is 1. The molecule has 0 rings (SSSR count). The number of nitrogens with one attached hydrogen (secondary N) is 1. The highest BCUT2D eigenvalue weighted by atomic mass is 16.5. The molecule has 0 unspecified atom stereocenters. The Labute approximate surface area is 82.4 Å². The lowest BCUT2D eigenvalue weighted by molar-refractivity contribution is -0.141. The molecule has 0 spiro atoms. The second-order valence-electron chi connectivity index (χ2n) is 2.37. The molecule has 0 saturated carbocycles. The molecule has 0 fully saturated rings. The van der Waals surface area contributed by atoms with Crippen LogP contribution in [0.1, 0.15) is 0 Å². The zero-order valence-corrected chi connectivity index (χ0v) is 8.20. The van der Waals surface area contributed by atoms with E-state index in [1.807, 2.05) is 0 Å². The first-order chi connectivity index (χ1) is 6.56. The molecule has 0 aromatic carbocycles. The fourth-order valence-electron chi connectivity index (χ4n) is 0.715. The minimum absolute atomic E-state index is 0.335. The largest absolute Gasteiger partial charge is 0.467 e. The van der Waals surface area contributed by atoms with Crippen molar-refractivity contribution in [1.29, 1.82) is 0 Å². The van der Waals surface area contributed by atoms with E-state index in [2.05, 4.69) is 27.9 Å². The fourth-order valence-corrected chi connectivity index (χ4v) is 0.715. The lowest BCUT2D eigenvalue weighted by Gasteiger charge is -2.15. The monoisotopic (exact) mass is 199 g/mol. The number of carbonyl (C=O) groups is 2. The highest BCUT2D eigenvalue weighted by molar-refractivity contribution is 5.84. The molecule has 14 heavy (non-hydrogen) atoms. The van der Waals surface area contributed by atoms with Crippen molar-refractivity contribution in [1.82, 2.24) is 5.32 Å². The normalized spacial score (nSPS) is 11.0. The predicted octanol–water partition coefficient (Wildman–Crippen LogP) is 0.626. The number of rotatable bonds is 4. The summed E-state index contributed by atoms with van der Waals surface area (Å²) in [4.78, 5) is 22.0. The van der Waals surface area contributed by atoms with Gasteiger partial charge in [0, 0.05) is 0 Å².